The van der Waals surface area contributed by atoms with Crippen molar-refractivity contribution in [1.29, 1.82) is 0 Å². The number of benzene rings is 2. The number of hydrogen-bond acceptors (Lipinski definition) is 8. The summed E-state index contributed by atoms with van der Waals surface area (Å²) in [5, 5.41) is 2.94. The van der Waals surface area contributed by atoms with Gasteiger partial charge in [-0.15, -0.1) is 23.7 Å². The number of carbonyl (C=O) groups excluding carboxylic acids is 1. The van der Waals surface area contributed by atoms with Gasteiger partial charge in [-0.1, -0.05) is 24.3 Å². The van der Waals surface area contributed by atoms with Gasteiger partial charge in [0.1, 0.15) is 0 Å². The lowest BCUT2D eigenvalue weighted by Gasteiger charge is -2.28. The number of ether oxygens (including phenoxy) is 1. The summed E-state index contributed by atoms with van der Waals surface area (Å²) in [5.41, 5.74) is 10.6. The summed E-state index contributed by atoms with van der Waals surface area (Å²) in [5.74, 6) is 1.29. The second kappa shape index (κ2) is 11.1. The molecule has 38 heavy (non-hydrogen) atoms. The van der Waals surface area contributed by atoms with Gasteiger partial charge in [0.05, 0.1) is 29.0 Å². The van der Waals surface area contributed by atoms with Crippen LogP contribution < -0.4 is 16.0 Å². The van der Waals surface area contributed by atoms with Crippen LogP contribution in [0.1, 0.15) is 10.4 Å². The molecule has 5 aromatic rings. The second-order valence-corrected chi connectivity index (χ2v) is 9.75. The van der Waals surface area contributed by atoms with Gasteiger partial charge < -0.3 is 20.7 Å². The minimum atomic E-state index is -0.221. The standard InChI is InChI=1S/C28H24N6O2S.ClH/c29-21-8-6-18(7-9-21)24-16-23-25(37-24)27(34-11-13-36-14-12-34)33-26(32-23)19-3-1-5-22(15-19)31-28(35)20-4-2-10-30-17-20;/h1-10,15-17H,11-14,29H2,(H,31,35);1H. The molecule has 1 saturated heterocycles. The van der Waals surface area contributed by atoms with Crippen LogP contribution in [-0.2, 0) is 4.74 Å². The highest BCUT2D eigenvalue weighted by atomic mass is 35.5. The Kier molecular flexibility index (Phi) is 7.50. The molecule has 6 rings (SSSR count). The van der Waals surface area contributed by atoms with Crippen molar-refractivity contribution in [3.63, 3.8) is 0 Å². The average Bonchev–Trinajstić information content (AvgIpc) is 3.38. The Labute approximate surface area is 229 Å². The number of nitrogens with two attached hydrogens (primary N) is 1. The van der Waals surface area contributed by atoms with Crippen molar-refractivity contribution in [2.24, 2.45) is 0 Å². The Morgan fingerprint density at radius 2 is 1.79 bits per heavy atom. The molecule has 3 aromatic heterocycles. The smallest absolute Gasteiger partial charge is 0.257 e. The number of nitrogen functional groups attached to an aromatic ring is 1. The van der Waals surface area contributed by atoms with Crippen molar-refractivity contribution in [2.75, 3.05) is 42.3 Å². The lowest BCUT2D eigenvalue weighted by atomic mass is 10.1. The number of nitrogens with one attached hydrogen (secondary N) is 1. The Morgan fingerprint density at radius 1 is 0.974 bits per heavy atom. The number of morpholine rings is 1. The summed E-state index contributed by atoms with van der Waals surface area (Å²) in [4.78, 5) is 30.0. The Bertz CT molecular complexity index is 1570. The van der Waals surface area contributed by atoms with E-state index in [9.17, 15) is 4.79 Å². The van der Waals surface area contributed by atoms with Gasteiger partial charge in [0.2, 0.25) is 0 Å². The van der Waals surface area contributed by atoms with Crippen LogP contribution >= 0.6 is 23.7 Å². The van der Waals surface area contributed by atoms with E-state index < -0.39 is 0 Å². The van der Waals surface area contributed by atoms with Gasteiger partial charge in [0.25, 0.3) is 5.91 Å². The molecule has 10 heteroatoms. The van der Waals surface area contributed by atoms with E-state index in [4.69, 9.17) is 20.4 Å². The zero-order valence-corrected chi connectivity index (χ0v) is 22.0. The summed E-state index contributed by atoms with van der Waals surface area (Å²) >= 11 is 1.68. The zero-order chi connectivity index (χ0) is 25.2. The normalized spacial score (nSPS) is 13.2. The highest BCUT2D eigenvalue weighted by Crippen LogP contribution is 2.39. The fourth-order valence-electron chi connectivity index (χ4n) is 4.26. The largest absolute Gasteiger partial charge is 0.399 e. The molecule has 1 aliphatic heterocycles. The Morgan fingerprint density at radius 3 is 2.55 bits per heavy atom. The molecule has 192 valence electrons. The summed E-state index contributed by atoms with van der Waals surface area (Å²) in [6, 6.07) is 21.0. The molecule has 1 aliphatic rings. The molecular formula is C28H25ClN6O2S. The van der Waals surface area contributed by atoms with Crippen LogP contribution in [0.25, 0.3) is 32.0 Å². The number of hydrogen-bond donors (Lipinski definition) is 2. The van der Waals surface area contributed by atoms with E-state index in [2.05, 4.69) is 21.3 Å². The van der Waals surface area contributed by atoms with E-state index >= 15 is 0 Å². The third-order valence-electron chi connectivity index (χ3n) is 6.16. The van der Waals surface area contributed by atoms with Crippen molar-refractivity contribution >= 4 is 57.1 Å². The monoisotopic (exact) mass is 544 g/mol. The summed E-state index contributed by atoms with van der Waals surface area (Å²) in [6.45, 7) is 2.85. The van der Waals surface area contributed by atoms with Crippen LogP contribution in [0.2, 0.25) is 0 Å². The molecular weight excluding hydrogens is 520 g/mol. The van der Waals surface area contributed by atoms with E-state index in [0.29, 0.717) is 30.3 Å². The molecule has 0 bridgehead atoms. The fraction of sp³-hybridized carbons (Fsp3) is 0.143. The first-order valence-corrected chi connectivity index (χ1v) is 12.8. The Hall–Kier alpha value is -4.05. The lowest BCUT2D eigenvalue weighted by molar-refractivity contribution is 0.102. The number of thiophene rings is 1. The number of carbonyl (C=O) groups is 1. The molecule has 0 aliphatic carbocycles. The third kappa shape index (κ3) is 5.31. The minimum Gasteiger partial charge on any atom is -0.399 e. The van der Waals surface area contributed by atoms with Crippen molar-refractivity contribution in [3.8, 4) is 21.8 Å². The molecule has 1 amide bonds. The highest BCUT2D eigenvalue weighted by Gasteiger charge is 2.21. The van der Waals surface area contributed by atoms with Crippen molar-refractivity contribution < 1.29 is 9.53 Å². The first-order valence-electron chi connectivity index (χ1n) is 12.0. The number of pyridine rings is 1. The number of rotatable bonds is 5. The first-order chi connectivity index (χ1) is 18.1. The van der Waals surface area contributed by atoms with Gasteiger partial charge in [0, 0.05) is 47.3 Å². The van der Waals surface area contributed by atoms with E-state index in [0.717, 1.165) is 50.8 Å². The van der Waals surface area contributed by atoms with Crippen molar-refractivity contribution in [3.05, 3.63) is 84.7 Å². The summed E-state index contributed by atoms with van der Waals surface area (Å²) < 4.78 is 6.63. The number of aromatic nitrogens is 3. The second-order valence-electron chi connectivity index (χ2n) is 8.69. The zero-order valence-electron chi connectivity index (χ0n) is 20.3. The van der Waals surface area contributed by atoms with Crippen LogP contribution in [0.5, 0.6) is 0 Å². The predicted molar refractivity (Wildman–Crippen MR) is 155 cm³/mol. The molecule has 0 saturated carbocycles. The van der Waals surface area contributed by atoms with E-state index in [1.807, 2.05) is 48.5 Å². The van der Waals surface area contributed by atoms with Crippen LogP contribution in [-0.4, -0.2) is 47.2 Å². The van der Waals surface area contributed by atoms with Gasteiger partial charge in [-0.05, 0) is 48.0 Å². The number of amides is 1. The highest BCUT2D eigenvalue weighted by molar-refractivity contribution is 7.22. The summed E-state index contributed by atoms with van der Waals surface area (Å²) in [6.07, 6.45) is 3.18. The molecule has 0 spiro atoms. The van der Waals surface area contributed by atoms with E-state index in [1.165, 1.54) is 0 Å². The summed E-state index contributed by atoms with van der Waals surface area (Å²) in [7, 11) is 0. The molecule has 0 unspecified atom stereocenters. The van der Waals surface area contributed by atoms with Gasteiger partial charge >= 0.3 is 0 Å². The van der Waals surface area contributed by atoms with Crippen LogP contribution in [0.3, 0.4) is 0 Å². The van der Waals surface area contributed by atoms with Crippen LogP contribution in [0, 0.1) is 0 Å². The molecule has 1 fully saturated rings. The minimum absolute atomic E-state index is 0. The number of nitrogens with zero attached hydrogens (tertiary/aromatic N) is 4. The fourth-order valence-corrected chi connectivity index (χ4v) is 5.38. The average molecular weight is 545 g/mol. The third-order valence-corrected chi connectivity index (χ3v) is 7.33. The van der Waals surface area contributed by atoms with Crippen molar-refractivity contribution in [1.82, 2.24) is 15.0 Å². The lowest BCUT2D eigenvalue weighted by Crippen LogP contribution is -2.36. The van der Waals surface area contributed by atoms with E-state index in [1.54, 1.807) is 35.9 Å². The molecule has 0 radical (unpaired) electrons. The molecule has 4 heterocycles. The maximum absolute atomic E-state index is 12.6. The maximum atomic E-state index is 12.6. The molecule has 8 nitrogen and oxygen atoms in total. The van der Waals surface area contributed by atoms with Gasteiger partial charge in [0.15, 0.2) is 11.6 Å². The molecule has 2 aromatic carbocycles. The van der Waals surface area contributed by atoms with Gasteiger partial charge in [-0.25, -0.2) is 9.97 Å². The molecule has 0 atom stereocenters. The Balaban J connectivity index is 0.00000294. The maximum Gasteiger partial charge on any atom is 0.257 e. The van der Waals surface area contributed by atoms with E-state index in [-0.39, 0.29) is 18.3 Å². The van der Waals surface area contributed by atoms with Gasteiger partial charge in [-0.3, -0.25) is 9.78 Å². The van der Waals surface area contributed by atoms with Crippen LogP contribution in [0.4, 0.5) is 17.2 Å². The van der Waals surface area contributed by atoms with Crippen molar-refractivity contribution in [2.45, 2.75) is 0 Å². The first kappa shape index (κ1) is 25.6. The SMILES string of the molecule is Cl.Nc1ccc(-c2cc3nc(-c4cccc(NC(=O)c5cccnc5)c4)nc(N4CCOCC4)c3s2)cc1. The van der Waals surface area contributed by atoms with Crippen LogP contribution in [0.15, 0.2) is 79.1 Å². The quantitative estimate of drug-likeness (QED) is 0.281. The number of halogens is 1. The number of anilines is 3. The molecule has 3 N–H and O–H groups in total. The van der Waals surface area contributed by atoms with Gasteiger partial charge in [-0.2, -0.15) is 0 Å². The number of fused-ring (bicyclic) bond motifs is 1. The topological polar surface area (TPSA) is 106 Å². The predicted octanol–water partition coefficient (Wildman–Crippen LogP) is 5.51.